The predicted octanol–water partition coefficient (Wildman–Crippen LogP) is 3.18. The lowest BCUT2D eigenvalue weighted by Crippen LogP contribution is -2.18. The highest BCUT2D eigenvalue weighted by molar-refractivity contribution is 5.36. The third kappa shape index (κ3) is 2.97. The maximum atomic E-state index is 13.8. The van der Waals surface area contributed by atoms with Crippen LogP contribution in [0.25, 0.3) is 0 Å². The molecule has 0 radical (unpaired) electrons. The Morgan fingerprint density at radius 1 is 1.42 bits per heavy atom. The lowest BCUT2D eigenvalue weighted by molar-refractivity contribution is -0.387. The standard InChI is InChI=1S/C13H13FN2O3/c1-9(12-6-3-7-19-12)15-8-10-4-2-5-11(13(10)14)16(17)18/h2-7,9,15H,8H2,1H3. The molecular formula is C13H13FN2O3. The van der Waals surface area contributed by atoms with E-state index in [9.17, 15) is 14.5 Å². The first-order valence-electron chi connectivity index (χ1n) is 5.78. The summed E-state index contributed by atoms with van der Waals surface area (Å²) in [6.07, 6.45) is 1.56. The van der Waals surface area contributed by atoms with Crippen molar-refractivity contribution in [1.29, 1.82) is 0 Å². The molecule has 0 amide bonds. The Balaban J connectivity index is 2.08. The van der Waals surface area contributed by atoms with Crippen LogP contribution in [0.1, 0.15) is 24.3 Å². The van der Waals surface area contributed by atoms with Gasteiger partial charge in [0.2, 0.25) is 5.82 Å². The Kier molecular flexibility index (Phi) is 3.91. The summed E-state index contributed by atoms with van der Waals surface area (Å²) in [7, 11) is 0. The first kappa shape index (κ1) is 13.2. The van der Waals surface area contributed by atoms with Gasteiger partial charge in [0.25, 0.3) is 0 Å². The molecule has 6 heteroatoms. The van der Waals surface area contributed by atoms with Crippen molar-refractivity contribution in [1.82, 2.24) is 5.32 Å². The van der Waals surface area contributed by atoms with E-state index in [1.807, 2.05) is 13.0 Å². The summed E-state index contributed by atoms with van der Waals surface area (Å²) < 4.78 is 19.0. The number of hydrogen-bond donors (Lipinski definition) is 1. The molecule has 0 saturated heterocycles. The van der Waals surface area contributed by atoms with Crippen LogP contribution in [-0.2, 0) is 6.54 Å². The minimum absolute atomic E-state index is 0.103. The van der Waals surface area contributed by atoms with Gasteiger partial charge in [0.1, 0.15) is 5.76 Å². The van der Waals surface area contributed by atoms with Crippen LogP contribution in [0, 0.1) is 15.9 Å². The topological polar surface area (TPSA) is 68.3 Å². The fraction of sp³-hybridized carbons (Fsp3) is 0.231. The molecule has 0 aliphatic rings. The van der Waals surface area contributed by atoms with Crippen molar-refractivity contribution in [2.45, 2.75) is 19.5 Å². The molecule has 1 unspecified atom stereocenters. The van der Waals surface area contributed by atoms with Crippen LogP contribution < -0.4 is 5.32 Å². The number of hydrogen-bond acceptors (Lipinski definition) is 4. The van der Waals surface area contributed by atoms with Crippen molar-refractivity contribution < 1.29 is 13.7 Å². The summed E-state index contributed by atoms with van der Waals surface area (Å²) in [5.74, 6) is -0.0718. The van der Waals surface area contributed by atoms with Crippen LogP contribution in [0.4, 0.5) is 10.1 Å². The fourth-order valence-electron chi connectivity index (χ4n) is 1.75. The van der Waals surface area contributed by atoms with Gasteiger partial charge in [0.05, 0.1) is 17.2 Å². The normalized spacial score (nSPS) is 12.3. The molecule has 1 N–H and O–H groups in total. The molecule has 2 rings (SSSR count). The van der Waals surface area contributed by atoms with Gasteiger partial charge < -0.3 is 9.73 Å². The maximum Gasteiger partial charge on any atom is 0.305 e. The monoisotopic (exact) mass is 264 g/mol. The van der Waals surface area contributed by atoms with Crippen molar-refractivity contribution in [3.8, 4) is 0 Å². The predicted molar refractivity (Wildman–Crippen MR) is 67.0 cm³/mol. The minimum atomic E-state index is -0.799. The smallest absolute Gasteiger partial charge is 0.305 e. The average Bonchev–Trinajstić information content (AvgIpc) is 2.90. The number of nitro groups is 1. The highest BCUT2D eigenvalue weighted by Crippen LogP contribution is 2.21. The molecule has 0 aliphatic carbocycles. The summed E-state index contributed by atoms with van der Waals surface area (Å²) in [5, 5.41) is 13.7. The molecule has 1 aromatic heterocycles. The number of furan rings is 1. The van der Waals surface area contributed by atoms with Gasteiger partial charge in [-0.05, 0) is 19.1 Å². The number of rotatable bonds is 5. The Morgan fingerprint density at radius 3 is 2.84 bits per heavy atom. The number of nitrogens with one attached hydrogen (secondary N) is 1. The van der Waals surface area contributed by atoms with Crippen molar-refractivity contribution in [3.05, 3.63) is 63.9 Å². The van der Waals surface area contributed by atoms with Crippen LogP contribution in [0.2, 0.25) is 0 Å². The largest absolute Gasteiger partial charge is 0.468 e. The van der Waals surface area contributed by atoms with E-state index < -0.39 is 16.4 Å². The van der Waals surface area contributed by atoms with Crippen LogP contribution in [0.3, 0.4) is 0 Å². The minimum Gasteiger partial charge on any atom is -0.468 e. The molecule has 100 valence electrons. The summed E-state index contributed by atoms with van der Waals surface area (Å²) >= 11 is 0. The van der Waals surface area contributed by atoms with Gasteiger partial charge in [-0.25, -0.2) is 0 Å². The Morgan fingerprint density at radius 2 is 2.21 bits per heavy atom. The summed E-state index contributed by atoms with van der Waals surface area (Å²) in [5.41, 5.74) is -0.252. The third-order valence-corrected chi connectivity index (χ3v) is 2.82. The van der Waals surface area contributed by atoms with Gasteiger partial charge in [0, 0.05) is 18.2 Å². The van der Waals surface area contributed by atoms with Gasteiger partial charge in [-0.3, -0.25) is 10.1 Å². The molecule has 0 aliphatic heterocycles. The fourth-order valence-corrected chi connectivity index (χ4v) is 1.75. The van der Waals surface area contributed by atoms with Gasteiger partial charge >= 0.3 is 5.69 Å². The Bertz CT molecular complexity index is 569. The van der Waals surface area contributed by atoms with Gasteiger partial charge in [-0.2, -0.15) is 4.39 Å². The second kappa shape index (κ2) is 5.62. The van der Waals surface area contributed by atoms with Crippen LogP contribution >= 0.6 is 0 Å². The molecule has 2 aromatic rings. The zero-order valence-corrected chi connectivity index (χ0v) is 10.3. The lowest BCUT2D eigenvalue weighted by Gasteiger charge is -2.11. The highest BCUT2D eigenvalue weighted by atomic mass is 19.1. The molecule has 5 nitrogen and oxygen atoms in total. The molecular weight excluding hydrogens is 251 g/mol. The molecule has 0 fully saturated rings. The van der Waals surface area contributed by atoms with E-state index in [0.717, 1.165) is 11.8 Å². The van der Waals surface area contributed by atoms with Gasteiger partial charge in [0.15, 0.2) is 0 Å². The molecule has 0 bridgehead atoms. The highest BCUT2D eigenvalue weighted by Gasteiger charge is 2.17. The Hall–Kier alpha value is -2.21. The summed E-state index contributed by atoms with van der Waals surface area (Å²) in [4.78, 5) is 9.90. The molecule has 0 spiro atoms. The lowest BCUT2D eigenvalue weighted by atomic mass is 10.1. The summed E-state index contributed by atoms with van der Waals surface area (Å²) in [6.45, 7) is 2.06. The first-order valence-corrected chi connectivity index (χ1v) is 5.78. The first-order chi connectivity index (χ1) is 9.09. The third-order valence-electron chi connectivity index (χ3n) is 2.82. The number of halogens is 1. The maximum absolute atomic E-state index is 13.8. The molecule has 0 saturated carbocycles. The van der Waals surface area contributed by atoms with Crippen LogP contribution in [-0.4, -0.2) is 4.92 Å². The van der Waals surface area contributed by atoms with E-state index in [0.29, 0.717) is 0 Å². The Labute approximate surface area is 109 Å². The number of nitro benzene ring substituents is 1. The van der Waals surface area contributed by atoms with Gasteiger partial charge in [-0.1, -0.05) is 12.1 Å². The quantitative estimate of drug-likeness (QED) is 0.665. The molecule has 1 aromatic carbocycles. The van der Waals surface area contributed by atoms with E-state index in [4.69, 9.17) is 4.42 Å². The van der Waals surface area contributed by atoms with E-state index >= 15 is 0 Å². The van der Waals surface area contributed by atoms with Crippen molar-refractivity contribution >= 4 is 5.69 Å². The van der Waals surface area contributed by atoms with Crippen LogP contribution in [0.15, 0.2) is 41.0 Å². The van der Waals surface area contributed by atoms with E-state index in [1.165, 1.54) is 12.1 Å². The van der Waals surface area contributed by atoms with E-state index in [-0.39, 0.29) is 18.2 Å². The van der Waals surface area contributed by atoms with Crippen molar-refractivity contribution in [2.75, 3.05) is 0 Å². The number of benzene rings is 1. The average molecular weight is 264 g/mol. The van der Waals surface area contributed by atoms with E-state index in [1.54, 1.807) is 12.3 Å². The number of nitrogens with zero attached hydrogens (tertiary/aromatic N) is 1. The molecule has 1 heterocycles. The zero-order valence-electron chi connectivity index (χ0n) is 10.3. The second-order valence-electron chi connectivity index (χ2n) is 4.13. The van der Waals surface area contributed by atoms with Crippen molar-refractivity contribution in [3.63, 3.8) is 0 Å². The molecule has 1 atom stereocenters. The SMILES string of the molecule is CC(NCc1cccc([N+](=O)[O-])c1F)c1ccco1. The molecule has 19 heavy (non-hydrogen) atoms. The van der Waals surface area contributed by atoms with Gasteiger partial charge in [-0.15, -0.1) is 0 Å². The zero-order chi connectivity index (χ0) is 13.8. The van der Waals surface area contributed by atoms with Crippen molar-refractivity contribution in [2.24, 2.45) is 0 Å². The summed E-state index contributed by atoms with van der Waals surface area (Å²) in [6, 6.07) is 7.60. The van der Waals surface area contributed by atoms with E-state index in [2.05, 4.69) is 5.32 Å². The van der Waals surface area contributed by atoms with Crippen LogP contribution in [0.5, 0.6) is 0 Å². The second-order valence-corrected chi connectivity index (χ2v) is 4.13.